The molecular formula is C17H28N2. The molecule has 2 rings (SSSR count). The second-order valence-electron chi connectivity index (χ2n) is 6.11. The summed E-state index contributed by atoms with van der Waals surface area (Å²) in [4.78, 5) is 2.45. The first-order valence-electron chi connectivity index (χ1n) is 7.67. The molecule has 0 saturated carbocycles. The lowest BCUT2D eigenvalue weighted by atomic mass is 9.97. The van der Waals surface area contributed by atoms with Crippen molar-refractivity contribution < 1.29 is 0 Å². The second-order valence-corrected chi connectivity index (χ2v) is 6.11. The number of hydrogen-bond donors (Lipinski definition) is 1. The molecule has 0 bridgehead atoms. The molecule has 0 spiro atoms. The summed E-state index contributed by atoms with van der Waals surface area (Å²) in [5, 5.41) is 3.44. The molecular weight excluding hydrogens is 232 g/mol. The van der Waals surface area contributed by atoms with Crippen molar-refractivity contribution in [1.82, 2.24) is 10.2 Å². The minimum atomic E-state index is 0.677. The van der Waals surface area contributed by atoms with Crippen molar-refractivity contribution in [3.8, 4) is 0 Å². The minimum absolute atomic E-state index is 0.677. The van der Waals surface area contributed by atoms with Crippen LogP contribution < -0.4 is 5.32 Å². The highest BCUT2D eigenvalue weighted by Gasteiger charge is 2.16. The zero-order chi connectivity index (χ0) is 13.7. The van der Waals surface area contributed by atoms with E-state index in [-0.39, 0.29) is 0 Å². The van der Waals surface area contributed by atoms with Gasteiger partial charge < -0.3 is 10.2 Å². The summed E-state index contributed by atoms with van der Waals surface area (Å²) in [7, 11) is 2.24. The summed E-state index contributed by atoms with van der Waals surface area (Å²) >= 11 is 0. The molecule has 2 unspecified atom stereocenters. The van der Waals surface area contributed by atoms with E-state index in [1.807, 2.05) is 0 Å². The first-order chi connectivity index (χ1) is 9.19. The largest absolute Gasteiger partial charge is 0.316 e. The van der Waals surface area contributed by atoms with Crippen LogP contribution in [0.15, 0.2) is 24.3 Å². The molecule has 1 aliphatic heterocycles. The summed E-state index contributed by atoms with van der Waals surface area (Å²) < 4.78 is 0. The molecule has 0 aromatic heterocycles. The van der Waals surface area contributed by atoms with Gasteiger partial charge in [-0.2, -0.15) is 0 Å². The SMILES string of the molecule is CCC(C)c1ccc(CN(C)CC2CCNC2)cc1. The van der Waals surface area contributed by atoms with Gasteiger partial charge in [-0.05, 0) is 55.9 Å². The van der Waals surface area contributed by atoms with Crippen LogP contribution in [0, 0.1) is 5.92 Å². The zero-order valence-electron chi connectivity index (χ0n) is 12.7. The molecule has 1 fully saturated rings. The average molecular weight is 260 g/mol. The standard InChI is InChI=1S/C17H28N2/c1-4-14(2)17-7-5-15(6-8-17)12-19(3)13-16-9-10-18-11-16/h5-8,14,16,18H,4,9-13H2,1-3H3. The van der Waals surface area contributed by atoms with Crippen LogP contribution in [-0.2, 0) is 6.54 Å². The van der Waals surface area contributed by atoms with Crippen molar-refractivity contribution in [2.24, 2.45) is 5.92 Å². The minimum Gasteiger partial charge on any atom is -0.316 e. The number of rotatable bonds is 6. The molecule has 19 heavy (non-hydrogen) atoms. The van der Waals surface area contributed by atoms with Gasteiger partial charge in [0.25, 0.3) is 0 Å². The van der Waals surface area contributed by atoms with E-state index in [4.69, 9.17) is 0 Å². The molecule has 1 heterocycles. The fourth-order valence-electron chi connectivity index (χ4n) is 2.87. The molecule has 1 N–H and O–H groups in total. The quantitative estimate of drug-likeness (QED) is 0.844. The van der Waals surface area contributed by atoms with Crippen molar-refractivity contribution in [1.29, 1.82) is 0 Å². The molecule has 1 aromatic carbocycles. The Hall–Kier alpha value is -0.860. The van der Waals surface area contributed by atoms with E-state index in [0.717, 1.165) is 12.5 Å². The molecule has 2 heteroatoms. The molecule has 2 atom stereocenters. The Morgan fingerprint density at radius 3 is 2.63 bits per heavy atom. The van der Waals surface area contributed by atoms with E-state index in [1.165, 1.54) is 43.6 Å². The highest BCUT2D eigenvalue weighted by Crippen LogP contribution is 2.19. The number of hydrogen-bond acceptors (Lipinski definition) is 2. The highest BCUT2D eigenvalue weighted by atomic mass is 15.1. The lowest BCUT2D eigenvalue weighted by molar-refractivity contribution is 0.278. The third-order valence-corrected chi connectivity index (χ3v) is 4.35. The van der Waals surface area contributed by atoms with Gasteiger partial charge in [0.1, 0.15) is 0 Å². The molecule has 0 aliphatic carbocycles. The Kier molecular flexibility index (Phi) is 5.41. The van der Waals surface area contributed by atoms with E-state index in [2.05, 4.69) is 55.4 Å². The third-order valence-electron chi connectivity index (χ3n) is 4.35. The molecule has 2 nitrogen and oxygen atoms in total. The van der Waals surface area contributed by atoms with Gasteiger partial charge >= 0.3 is 0 Å². The van der Waals surface area contributed by atoms with Gasteiger partial charge in [-0.15, -0.1) is 0 Å². The van der Waals surface area contributed by atoms with E-state index in [0.29, 0.717) is 5.92 Å². The third kappa shape index (κ3) is 4.32. The first-order valence-corrected chi connectivity index (χ1v) is 7.67. The van der Waals surface area contributed by atoms with Crippen molar-refractivity contribution in [3.05, 3.63) is 35.4 Å². The molecule has 0 radical (unpaired) electrons. The maximum absolute atomic E-state index is 3.44. The van der Waals surface area contributed by atoms with E-state index >= 15 is 0 Å². The molecule has 0 amide bonds. The Balaban J connectivity index is 1.84. The molecule has 1 saturated heterocycles. The normalized spacial score (nSPS) is 20.9. The van der Waals surface area contributed by atoms with Crippen LogP contribution in [0.2, 0.25) is 0 Å². The summed E-state index contributed by atoms with van der Waals surface area (Å²) in [5.74, 6) is 1.51. The van der Waals surface area contributed by atoms with Crippen LogP contribution in [0.5, 0.6) is 0 Å². The fourth-order valence-corrected chi connectivity index (χ4v) is 2.87. The highest BCUT2D eigenvalue weighted by molar-refractivity contribution is 5.24. The lowest BCUT2D eigenvalue weighted by Gasteiger charge is -2.20. The van der Waals surface area contributed by atoms with Gasteiger partial charge in [0, 0.05) is 13.1 Å². The van der Waals surface area contributed by atoms with Crippen molar-refractivity contribution in [2.75, 3.05) is 26.7 Å². The van der Waals surface area contributed by atoms with E-state index in [1.54, 1.807) is 0 Å². The maximum atomic E-state index is 3.44. The van der Waals surface area contributed by atoms with E-state index in [9.17, 15) is 0 Å². The zero-order valence-corrected chi connectivity index (χ0v) is 12.7. The van der Waals surface area contributed by atoms with Crippen LogP contribution in [0.3, 0.4) is 0 Å². The molecule has 106 valence electrons. The van der Waals surface area contributed by atoms with Gasteiger partial charge in [-0.25, -0.2) is 0 Å². The van der Waals surface area contributed by atoms with E-state index < -0.39 is 0 Å². The average Bonchev–Trinajstić information content (AvgIpc) is 2.91. The Labute approximate surface area is 118 Å². The van der Waals surface area contributed by atoms with Crippen LogP contribution in [-0.4, -0.2) is 31.6 Å². The van der Waals surface area contributed by atoms with Crippen molar-refractivity contribution in [2.45, 2.75) is 39.2 Å². The second kappa shape index (κ2) is 7.06. The van der Waals surface area contributed by atoms with Gasteiger partial charge in [-0.1, -0.05) is 38.1 Å². The smallest absolute Gasteiger partial charge is 0.0230 e. The monoisotopic (exact) mass is 260 g/mol. The van der Waals surface area contributed by atoms with Gasteiger partial charge in [0.05, 0.1) is 0 Å². The number of nitrogens with zero attached hydrogens (tertiary/aromatic N) is 1. The predicted octanol–water partition coefficient (Wildman–Crippen LogP) is 3.24. The first kappa shape index (κ1) is 14.5. The Bertz CT molecular complexity index is 365. The van der Waals surface area contributed by atoms with Crippen LogP contribution in [0.25, 0.3) is 0 Å². The van der Waals surface area contributed by atoms with Crippen LogP contribution >= 0.6 is 0 Å². The van der Waals surface area contributed by atoms with Crippen molar-refractivity contribution in [3.63, 3.8) is 0 Å². The Morgan fingerprint density at radius 1 is 1.32 bits per heavy atom. The summed E-state index contributed by atoms with van der Waals surface area (Å²) in [6.45, 7) is 9.22. The summed E-state index contributed by atoms with van der Waals surface area (Å²) in [5.41, 5.74) is 2.90. The molecule has 1 aliphatic rings. The number of benzene rings is 1. The van der Waals surface area contributed by atoms with Crippen molar-refractivity contribution >= 4 is 0 Å². The lowest BCUT2D eigenvalue weighted by Crippen LogP contribution is -2.26. The summed E-state index contributed by atoms with van der Waals surface area (Å²) in [6, 6.07) is 9.19. The number of nitrogens with one attached hydrogen (secondary N) is 1. The Morgan fingerprint density at radius 2 is 2.05 bits per heavy atom. The van der Waals surface area contributed by atoms with Gasteiger partial charge in [-0.3, -0.25) is 0 Å². The van der Waals surface area contributed by atoms with Crippen LogP contribution in [0.4, 0.5) is 0 Å². The van der Waals surface area contributed by atoms with Gasteiger partial charge in [0.2, 0.25) is 0 Å². The fraction of sp³-hybridized carbons (Fsp3) is 0.647. The topological polar surface area (TPSA) is 15.3 Å². The molecule has 1 aromatic rings. The summed E-state index contributed by atoms with van der Waals surface area (Å²) in [6.07, 6.45) is 2.55. The predicted molar refractivity (Wildman–Crippen MR) is 82.5 cm³/mol. The van der Waals surface area contributed by atoms with Gasteiger partial charge in [0.15, 0.2) is 0 Å². The van der Waals surface area contributed by atoms with Crippen LogP contribution in [0.1, 0.15) is 43.7 Å². The maximum Gasteiger partial charge on any atom is 0.0230 e.